The number of ether oxygens (including phenoxy) is 2. The van der Waals surface area contributed by atoms with Crippen LogP contribution < -0.4 is 0 Å². The molecule has 0 saturated carbocycles. The molecule has 0 heterocycles. The predicted molar refractivity (Wildman–Crippen MR) is 94.8 cm³/mol. The Bertz CT molecular complexity index is 815. The number of hydrogen-bond acceptors (Lipinski definition) is 5. The number of benzene rings is 1. The summed E-state index contributed by atoms with van der Waals surface area (Å²) in [5.41, 5.74) is 2.90. The Morgan fingerprint density at radius 2 is 1.73 bits per heavy atom. The normalized spacial score (nSPS) is 17.2. The fourth-order valence-electron chi connectivity index (χ4n) is 3.31. The summed E-state index contributed by atoms with van der Waals surface area (Å²) in [5, 5.41) is 9.28. The van der Waals surface area contributed by atoms with Crippen molar-refractivity contribution in [1.82, 2.24) is 0 Å². The summed E-state index contributed by atoms with van der Waals surface area (Å²) in [5.74, 6) is -2.86. The maximum atomic E-state index is 12.6. The number of allylic oxidation sites excluding steroid dienone is 2. The first-order valence-corrected chi connectivity index (χ1v) is 8.29. The highest BCUT2D eigenvalue weighted by atomic mass is 16.5. The zero-order valence-corrected chi connectivity index (χ0v) is 15.3. The van der Waals surface area contributed by atoms with Gasteiger partial charge in [0, 0.05) is 17.1 Å². The number of carbonyl (C=O) groups is 3. The highest BCUT2D eigenvalue weighted by Crippen LogP contribution is 2.42. The molecule has 0 fully saturated rings. The summed E-state index contributed by atoms with van der Waals surface area (Å²) in [6.45, 7) is 5.54. The van der Waals surface area contributed by atoms with E-state index in [2.05, 4.69) is 0 Å². The third kappa shape index (κ3) is 3.69. The van der Waals surface area contributed by atoms with Crippen molar-refractivity contribution in [3.63, 3.8) is 0 Å². The third-order valence-electron chi connectivity index (χ3n) is 4.39. The molecule has 0 spiro atoms. The van der Waals surface area contributed by atoms with Gasteiger partial charge in [-0.05, 0) is 44.9 Å². The van der Waals surface area contributed by atoms with E-state index in [1.165, 1.54) is 19.2 Å². The molecule has 6 nitrogen and oxygen atoms in total. The van der Waals surface area contributed by atoms with Crippen LogP contribution in [-0.4, -0.2) is 36.7 Å². The fourth-order valence-corrected chi connectivity index (χ4v) is 3.31. The van der Waals surface area contributed by atoms with Gasteiger partial charge in [-0.25, -0.2) is 14.4 Å². The van der Waals surface area contributed by atoms with Crippen molar-refractivity contribution in [2.45, 2.75) is 33.1 Å². The molecular weight excluding hydrogens is 336 g/mol. The van der Waals surface area contributed by atoms with Gasteiger partial charge in [0.1, 0.15) is 0 Å². The molecular formula is C20H22O6. The summed E-state index contributed by atoms with van der Waals surface area (Å²) >= 11 is 0. The lowest BCUT2D eigenvalue weighted by molar-refractivity contribution is -0.139. The smallest absolute Gasteiger partial charge is 0.335 e. The molecule has 0 bridgehead atoms. The average Bonchev–Trinajstić information content (AvgIpc) is 2.60. The molecule has 1 aromatic rings. The van der Waals surface area contributed by atoms with Crippen LogP contribution in [0.5, 0.6) is 0 Å². The average molecular weight is 358 g/mol. The number of carbonyl (C=O) groups excluding carboxylic acids is 2. The van der Waals surface area contributed by atoms with Gasteiger partial charge >= 0.3 is 17.9 Å². The van der Waals surface area contributed by atoms with Gasteiger partial charge < -0.3 is 14.6 Å². The second-order valence-electron chi connectivity index (χ2n) is 6.14. The van der Waals surface area contributed by atoms with E-state index in [1.807, 2.05) is 13.8 Å². The maximum Gasteiger partial charge on any atom is 0.335 e. The molecule has 0 saturated heterocycles. The summed E-state index contributed by atoms with van der Waals surface area (Å²) in [6.07, 6.45) is 0.452. The third-order valence-corrected chi connectivity index (χ3v) is 4.39. The van der Waals surface area contributed by atoms with Crippen LogP contribution >= 0.6 is 0 Å². The number of carboxylic acids is 1. The van der Waals surface area contributed by atoms with Crippen LogP contribution in [0.3, 0.4) is 0 Å². The Hall–Kier alpha value is -2.89. The summed E-state index contributed by atoms with van der Waals surface area (Å²) in [6, 6.07) is 6.23. The number of aromatic carboxylic acids is 1. The van der Waals surface area contributed by atoms with Gasteiger partial charge in [0.15, 0.2) is 0 Å². The Morgan fingerprint density at radius 3 is 2.27 bits per heavy atom. The molecule has 138 valence electrons. The highest BCUT2D eigenvalue weighted by Gasteiger charge is 2.37. The van der Waals surface area contributed by atoms with E-state index in [9.17, 15) is 19.5 Å². The molecule has 26 heavy (non-hydrogen) atoms. The summed E-state index contributed by atoms with van der Waals surface area (Å²) in [4.78, 5) is 36.4. The van der Waals surface area contributed by atoms with Crippen molar-refractivity contribution in [1.29, 1.82) is 0 Å². The molecule has 1 unspecified atom stereocenters. The Balaban J connectivity index is 2.70. The standard InChI is InChI=1S/C20H22O6/c1-5-26-20(24)16-12(3)9-11(2)15(19(23)25-4)17(16)13-7-6-8-14(10-13)18(21)22/h6-8,10,17H,5,9H2,1-4H3,(H,21,22). The zero-order valence-electron chi connectivity index (χ0n) is 15.3. The van der Waals surface area contributed by atoms with Gasteiger partial charge in [-0.2, -0.15) is 0 Å². The van der Waals surface area contributed by atoms with Gasteiger partial charge in [0.2, 0.25) is 0 Å². The quantitative estimate of drug-likeness (QED) is 0.813. The van der Waals surface area contributed by atoms with Gasteiger partial charge in [0.05, 0.1) is 19.3 Å². The van der Waals surface area contributed by atoms with E-state index in [4.69, 9.17) is 9.47 Å². The Morgan fingerprint density at radius 1 is 1.12 bits per heavy atom. The fraction of sp³-hybridized carbons (Fsp3) is 0.350. The van der Waals surface area contributed by atoms with Crippen LogP contribution in [0.25, 0.3) is 0 Å². The minimum absolute atomic E-state index is 0.0794. The molecule has 0 aliphatic heterocycles. The SMILES string of the molecule is CCOC(=O)C1=C(C)CC(C)=C(C(=O)OC)C1c1cccc(C(=O)O)c1. The second kappa shape index (κ2) is 7.99. The van der Waals surface area contributed by atoms with Crippen molar-refractivity contribution in [2.75, 3.05) is 13.7 Å². The lowest BCUT2D eigenvalue weighted by Crippen LogP contribution is -2.26. The topological polar surface area (TPSA) is 89.9 Å². The number of methoxy groups -OCH3 is 1. The number of carboxylic acid groups (broad SMARTS) is 1. The van der Waals surface area contributed by atoms with Crippen LogP contribution in [0.4, 0.5) is 0 Å². The van der Waals surface area contributed by atoms with E-state index >= 15 is 0 Å². The van der Waals surface area contributed by atoms with Crippen LogP contribution in [0.15, 0.2) is 46.6 Å². The highest BCUT2D eigenvalue weighted by molar-refractivity contribution is 6.00. The molecule has 1 aliphatic carbocycles. The number of rotatable bonds is 5. The molecule has 1 aromatic carbocycles. The van der Waals surface area contributed by atoms with Crippen molar-refractivity contribution < 1.29 is 29.0 Å². The monoisotopic (exact) mass is 358 g/mol. The lowest BCUT2D eigenvalue weighted by atomic mass is 9.74. The Labute approximate surface area is 152 Å². The summed E-state index contributed by atoms with van der Waals surface area (Å²) < 4.78 is 10.1. The maximum absolute atomic E-state index is 12.6. The van der Waals surface area contributed by atoms with Crippen molar-refractivity contribution >= 4 is 17.9 Å². The molecule has 0 aromatic heterocycles. The van der Waals surface area contributed by atoms with Gasteiger partial charge in [-0.1, -0.05) is 23.3 Å². The van der Waals surface area contributed by atoms with E-state index in [1.54, 1.807) is 19.1 Å². The molecule has 0 radical (unpaired) electrons. The molecule has 0 amide bonds. The molecule has 6 heteroatoms. The summed E-state index contributed by atoms with van der Waals surface area (Å²) in [7, 11) is 1.28. The van der Waals surface area contributed by atoms with Crippen molar-refractivity contribution in [3.05, 3.63) is 57.7 Å². The van der Waals surface area contributed by atoms with E-state index in [-0.39, 0.29) is 12.2 Å². The largest absolute Gasteiger partial charge is 0.478 e. The molecule has 1 aliphatic rings. The van der Waals surface area contributed by atoms with E-state index in [0.717, 1.165) is 11.1 Å². The van der Waals surface area contributed by atoms with Crippen LogP contribution in [-0.2, 0) is 19.1 Å². The van der Waals surface area contributed by atoms with Crippen LogP contribution in [0, 0.1) is 0 Å². The molecule has 2 rings (SSSR count). The first kappa shape index (κ1) is 19.4. The van der Waals surface area contributed by atoms with Gasteiger partial charge in [-0.3, -0.25) is 0 Å². The van der Waals surface area contributed by atoms with Crippen molar-refractivity contribution in [3.8, 4) is 0 Å². The lowest BCUT2D eigenvalue weighted by Gasteiger charge is -2.29. The number of hydrogen-bond donors (Lipinski definition) is 1. The van der Waals surface area contributed by atoms with Crippen molar-refractivity contribution in [2.24, 2.45) is 0 Å². The zero-order chi connectivity index (χ0) is 19.4. The number of esters is 2. The first-order chi connectivity index (χ1) is 12.3. The Kier molecular flexibility index (Phi) is 5.97. The van der Waals surface area contributed by atoms with E-state index in [0.29, 0.717) is 23.1 Å². The van der Waals surface area contributed by atoms with Gasteiger partial charge in [0.25, 0.3) is 0 Å². The molecule has 1 N–H and O–H groups in total. The predicted octanol–water partition coefficient (Wildman–Crippen LogP) is 3.24. The minimum Gasteiger partial charge on any atom is -0.478 e. The van der Waals surface area contributed by atoms with Crippen LogP contribution in [0.2, 0.25) is 0 Å². The van der Waals surface area contributed by atoms with Crippen LogP contribution in [0.1, 0.15) is 49.0 Å². The van der Waals surface area contributed by atoms with Gasteiger partial charge in [-0.15, -0.1) is 0 Å². The van der Waals surface area contributed by atoms with E-state index < -0.39 is 23.8 Å². The first-order valence-electron chi connectivity index (χ1n) is 8.29. The minimum atomic E-state index is -1.08. The molecule has 1 atom stereocenters. The second-order valence-corrected chi connectivity index (χ2v) is 6.14.